The lowest BCUT2D eigenvalue weighted by atomic mass is 9.78. The van der Waals surface area contributed by atoms with E-state index in [-0.39, 0.29) is 19.4 Å². The Morgan fingerprint density at radius 1 is 1.32 bits per heavy atom. The maximum absolute atomic E-state index is 12.8. The van der Waals surface area contributed by atoms with E-state index >= 15 is 0 Å². The SMILES string of the molecule is CC(C)COC[C@H]1C[C@@]2(C[C@@](C)(c3csc(Nc4ccccc4Cl)n3)OC2=O)C(=O)O1. The summed E-state index contributed by atoms with van der Waals surface area (Å²) >= 11 is 7.58. The normalized spacial score (nSPS) is 27.7. The second kappa shape index (κ2) is 8.41. The number of cyclic esters (lactones) is 2. The summed E-state index contributed by atoms with van der Waals surface area (Å²) in [7, 11) is 0. The minimum Gasteiger partial charge on any atom is -0.459 e. The first-order chi connectivity index (χ1) is 14.7. The highest BCUT2D eigenvalue weighted by Crippen LogP contribution is 2.52. The molecule has 1 aromatic carbocycles. The number of rotatable bonds is 7. The minimum atomic E-state index is -1.31. The zero-order chi connectivity index (χ0) is 22.2. The Bertz CT molecular complexity index is 996. The van der Waals surface area contributed by atoms with Crippen molar-refractivity contribution in [3.8, 4) is 0 Å². The average molecular weight is 465 g/mol. The molecule has 166 valence electrons. The number of aromatic nitrogens is 1. The van der Waals surface area contributed by atoms with Crippen LogP contribution in [0.2, 0.25) is 5.02 Å². The molecule has 1 spiro atoms. The fourth-order valence-electron chi connectivity index (χ4n) is 4.00. The fourth-order valence-corrected chi connectivity index (χ4v) is 5.03. The number of anilines is 2. The molecule has 2 fully saturated rings. The summed E-state index contributed by atoms with van der Waals surface area (Å²) in [4.78, 5) is 30.1. The van der Waals surface area contributed by atoms with E-state index in [1.165, 1.54) is 11.3 Å². The summed E-state index contributed by atoms with van der Waals surface area (Å²) in [5, 5.41) is 6.21. The molecule has 0 bridgehead atoms. The zero-order valence-electron chi connectivity index (χ0n) is 17.6. The maximum atomic E-state index is 12.8. The van der Waals surface area contributed by atoms with E-state index in [0.29, 0.717) is 28.4 Å². The van der Waals surface area contributed by atoms with Gasteiger partial charge in [-0.3, -0.25) is 9.59 Å². The Balaban J connectivity index is 1.48. The quantitative estimate of drug-likeness (QED) is 0.470. The molecular formula is C22H25ClN2O5S. The number of carbonyl (C=O) groups is 2. The smallest absolute Gasteiger partial charge is 0.324 e. The summed E-state index contributed by atoms with van der Waals surface area (Å²) in [5.74, 6) is -0.715. The van der Waals surface area contributed by atoms with Gasteiger partial charge in [-0.05, 0) is 25.0 Å². The summed E-state index contributed by atoms with van der Waals surface area (Å²) in [5.41, 5.74) is -0.996. The third-order valence-electron chi connectivity index (χ3n) is 5.50. The Morgan fingerprint density at radius 2 is 2.10 bits per heavy atom. The van der Waals surface area contributed by atoms with E-state index in [1.54, 1.807) is 13.0 Å². The average Bonchev–Trinajstić information content (AvgIpc) is 3.36. The van der Waals surface area contributed by atoms with Crippen molar-refractivity contribution in [2.45, 2.75) is 45.3 Å². The summed E-state index contributed by atoms with van der Waals surface area (Å²) in [6, 6.07) is 7.36. The number of carbonyl (C=O) groups excluding carboxylic acids is 2. The second-order valence-electron chi connectivity index (χ2n) is 8.68. The third-order valence-corrected chi connectivity index (χ3v) is 6.59. The standard InChI is InChI=1S/C22H25ClN2O5S/c1-13(2)9-28-10-14-8-22(18(26)29-14)12-21(3,30-19(22)27)17-11-31-20(25-17)24-16-7-5-4-6-15(16)23/h4-7,11,13-14H,8-10,12H2,1-3H3,(H,24,25)/t14-,21+,22-/m1/s1. The molecule has 0 radical (unpaired) electrons. The first-order valence-electron chi connectivity index (χ1n) is 10.2. The maximum Gasteiger partial charge on any atom is 0.324 e. The summed E-state index contributed by atoms with van der Waals surface area (Å²) < 4.78 is 16.8. The van der Waals surface area contributed by atoms with Crippen molar-refractivity contribution in [2.75, 3.05) is 18.5 Å². The highest BCUT2D eigenvalue weighted by molar-refractivity contribution is 7.13. The first kappa shape index (κ1) is 22.0. The molecule has 2 aliphatic rings. The second-order valence-corrected chi connectivity index (χ2v) is 9.95. The van der Waals surface area contributed by atoms with Gasteiger partial charge in [-0.25, -0.2) is 4.98 Å². The zero-order valence-corrected chi connectivity index (χ0v) is 19.2. The van der Waals surface area contributed by atoms with Crippen LogP contribution in [0.3, 0.4) is 0 Å². The number of benzene rings is 1. The number of ether oxygens (including phenoxy) is 3. The molecule has 4 rings (SSSR count). The van der Waals surface area contributed by atoms with E-state index in [2.05, 4.69) is 10.3 Å². The van der Waals surface area contributed by atoms with Crippen LogP contribution >= 0.6 is 22.9 Å². The highest BCUT2D eigenvalue weighted by Gasteiger charge is 2.65. The van der Waals surface area contributed by atoms with Gasteiger partial charge < -0.3 is 19.5 Å². The van der Waals surface area contributed by atoms with Gasteiger partial charge in [0.1, 0.15) is 6.10 Å². The van der Waals surface area contributed by atoms with Gasteiger partial charge in [0.2, 0.25) is 0 Å². The fraction of sp³-hybridized carbons (Fsp3) is 0.500. The summed E-state index contributed by atoms with van der Waals surface area (Å²) in [6.45, 7) is 6.72. The van der Waals surface area contributed by atoms with E-state index in [1.807, 2.05) is 37.4 Å². The topological polar surface area (TPSA) is 86.8 Å². The lowest BCUT2D eigenvalue weighted by molar-refractivity contribution is -0.160. The number of esters is 2. The van der Waals surface area contributed by atoms with Crippen molar-refractivity contribution >= 4 is 45.7 Å². The number of nitrogens with zero attached hydrogens (tertiary/aromatic N) is 1. The van der Waals surface area contributed by atoms with Crippen LogP contribution in [0.25, 0.3) is 0 Å². The van der Waals surface area contributed by atoms with Crippen molar-refractivity contribution in [3.05, 3.63) is 40.4 Å². The predicted octanol–water partition coefficient (Wildman–Crippen LogP) is 4.68. The monoisotopic (exact) mass is 464 g/mol. The van der Waals surface area contributed by atoms with Crippen LogP contribution in [0.15, 0.2) is 29.6 Å². The van der Waals surface area contributed by atoms with E-state index in [9.17, 15) is 9.59 Å². The molecule has 3 heterocycles. The molecule has 1 aromatic heterocycles. The Morgan fingerprint density at radius 3 is 2.84 bits per heavy atom. The predicted molar refractivity (Wildman–Crippen MR) is 117 cm³/mol. The number of hydrogen-bond donors (Lipinski definition) is 1. The van der Waals surface area contributed by atoms with Crippen LogP contribution in [-0.4, -0.2) is 36.2 Å². The van der Waals surface area contributed by atoms with E-state index < -0.39 is 29.1 Å². The molecule has 0 unspecified atom stereocenters. The Kier molecular flexibility index (Phi) is 5.98. The number of halogens is 1. The lowest BCUT2D eigenvalue weighted by Gasteiger charge is -2.20. The number of hydrogen-bond acceptors (Lipinski definition) is 8. The van der Waals surface area contributed by atoms with Gasteiger partial charge in [0.25, 0.3) is 0 Å². The van der Waals surface area contributed by atoms with Crippen LogP contribution in [0.4, 0.5) is 10.8 Å². The van der Waals surface area contributed by atoms with Gasteiger partial charge in [-0.15, -0.1) is 11.3 Å². The molecule has 2 aliphatic heterocycles. The Hall–Kier alpha value is -2.16. The van der Waals surface area contributed by atoms with Gasteiger partial charge in [0.15, 0.2) is 16.1 Å². The number of thiazole rings is 1. The van der Waals surface area contributed by atoms with Gasteiger partial charge >= 0.3 is 11.9 Å². The van der Waals surface area contributed by atoms with Gasteiger partial charge in [0.05, 0.1) is 23.0 Å². The molecule has 0 saturated carbocycles. The Labute approximate surface area is 190 Å². The highest BCUT2D eigenvalue weighted by atomic mass is 35.5. The molecular weight excluding hydrogens is 440 g/mol. The molecule has 2 aromatic rings. The number of nitrogens with one attached hydrogen (secondary N) is 1. The van der Waals surface area contributed by atoms with E-state index in [0.717, 1.165) is 5.69 Å². The van der Waals surface area contributed by atoms with Crippen molar-refractivity contribution in [3.63, 3.8) is 0 Å². The van der Waals surface area contributed by atoms with E-state index in [4.69, 9.17) is 25.8 Å². The number of para-hydroxylation sites is 1. The van der Waals surface area contributed by atoms with Crippen LogP contribution < -0.4 is 5.32 Å². The third kappa shape index (κ3) is 4.29. The molecule has 3 atom stereocenters. The van der Waals surface area contributed by atoms with Gasteiger partial charge in [0, 0.05) is 24.8 Å². The van der Waals surface area contributed by atoms with Crippen molar-refractivity contribution < 1.29 is 23.8 Å². The first-order valence-corrected chi connectivity index (χ1v) is 11.5. The van der Waals surface area contributed by atoms with Gasteiger partial charge in [-0.1, -0.05) is 37.6 Å². The van der Waals surface area contributed by atoms with Crippen molar-refractivity contribution in [1.82, 2.24) is 4.98 Å². The van der Waals surface area contributed by atoms with Gasteiger partial charge in [-0.2, -0.15) is 0 Å². The molecule has 2 saturated heterocycles. The minimum absolute atomic E-state index is 0.188. The van der Waals surface area contributed by atoms with Crippen molar-refractivity contribution in [2.24, 2.45) is 11.3 Å². The lowest BCUT2D eigenvalue weighted by Crippen LogP contribution is -2.32. The van der Waals surface area contributed by atoms with Crippen LogP contribution in [-0.2, 0) is 29.4 Å². The molecule has 0 aliphatic carbocycles. The molecule has 0 amide bonds. The molecule has 1 N–H and O–H groups in total. The van der Waals surface area contributed by atoms with Crippen LogP contribution in [0.5, 0.6) is 0 Å². The largest absolute Gasteiger partial charge is 0.459 e. The van der Waals surface area contributed by atoms with Crippen molar-refractivity contribution in [1.29, 1.82) is 0 Å². The molecule has 7 nitrogen and oxygen atoms in total. The summed E-state index contributed by atoms with van der Waals surface area (Å²) in [6.07, 6.45) is -0.00470. The molecule has 9 heteroatoms. The van der Waals surface area contributed by atoms with Crippen LogP contribution in [0.1, 0.15) is 39.3 Å². The van der Waals surface area contributed by atoms with Crippen LogP contribution in [0, 0.1) is 11.3 Å². The molecule has 31 heavy (non-hydrogen) atoms.